The molecule has 0 aliphatic rings. The monoisotopic (exact) mass is 399 g/mol. The predicted octanol–water partition coefficient (Wildman–Crippen LogP) is 5.89. The maximum absolute atomic E-state index is 12.6. The average Bonchev–Trinajstić information content (AvgIpc) is 2.64. The van der Waals surface area contributed by atoms with Crippen molar-refractivity contribution in [3.63, 3.8) is 0 Å². The molecule has 0 unspecified atom stereocenters. The fourth-order valence-corrected chi connectivity index (χ4v) is 2.69. The lowest BCUT2D eigenvalue weighted by molar-refractivity contribution is 0.102. The van der Waals surface area contributed by atoms with Crippen LogP contribution in [0.15, 0.2) is 72.8 Å². The Labute approximate surface area is 166 Å². The van der Waals surface area contributed by atoms with E-state index < -0.39 is 6.03 Å². The Morgan fingerprint density at radius 3 is 2.15 bits per heavy atom. The highest BCUT2D eigenvalue weighted by Gasteiger charge is 2.13. The first-order valence-electron chi connectivity index (χ1n) is 8.01. The quantitative estimate of drug-likeness (QED) is 0.511. The van der Waals surface area contributed by atoms with E-state index in [-0.39, 0.29) is 5.91 Å². The maximum Gasteiger partial charge on any atom is 0.323 e. The normalized spacial score (nSPS) is 10.1. The molecule has 0 aliphatic carbocycles. The van der Waals surface area contributed by atoms with Gasteiger partial charge in [0.1, 0.15) is 0 Å². The molecular weight excluding hydrogens is 385 g/mol. The third-order valence-corrected chi connectivity index (χ3v) is 4.09. The number of hydrogen-bond donors (Lipinski definition) is 3. The number of carbonyl (C=O) groups excluding carboxylic acids is 2. The van der Waals surface area contributed by atoms with Gasteiger partial charge in [0, 0.05) is 21.4 Å². The summed E-state index contributed by atoms with van der Waals surface area (Å²) >= 11 is 11.8. The molecule has 0 heterocycles. The van der Waals surface area contributed by atoms with Gasteiger partial charge in [-0.05, 0) is 54.6 Å². The second kappa shape index (κ2) is 8.58. The van der Waals surface area contributed by atoms with E-state index in [2.05, 4.69) is 16.0 Å². The SMILES string of the molecule is O=C(Nc1cccc(Cl)c1)Nc1ccccc1C(=O)Nc1ccc(Cl)cc1. The standard InChI is InChI=1S/C20H15Cl2N3O2/c21-13-8-10-15(11-9-13)23-19(26)17-6-1-2-7-18(17)25-20(27)24-16-5-3-4-14(22)12-16/h1-12H,(H,23,26)(H2,24,25,27). The summed E-state index contributed by atoms with van der Waals surface area (Å²) in [5.41, 5.74) is 1.85. The third-order valence-electron chi connectivity index (χ3n) is 3.60. The predicted molar refractivity (Wildman–Crippen MR) is 110 cm³/mol. The zero-order chi connectivity index (χ0) is 19.2. The molecule has 3 rings (SSSR count). The Hall–Kier alpha value is -3.02. The van der Waals surface area contributed by atoms with Crippen LogP contribution in [0.5, 0.6) is 0 Å². The molecular formula is C20H15Cl2N3O2. The van der Waals surface area contributed by atoms with Crippen LogP contribution in [0.2, 0.25) is 10.0 Å². The second-order valence-corrected chi connectivity index (χ2v) is 6.47. The van der Waals surface area contributed by atoms with Crippen LogP contribution >= 0.6 is 23.2 Å². The highest BCUT2D eigenvalue weighted by atomic mass is 35.5. The first-order chi connectivity index (χ1) is 13.0. The van der Waals surface area contributed by atoms with E-state index in [0.29, 0.717) is 32.7 Å². The number of hydrogen-bond acceptors (Lipinski definition) is 2. The van der Waals surface area contributed by atoms with Crippen LogP contribution < -0.4 is 16.0 Å². The minimum atomic E-state index is -0.482. The van der Waals surface area contributed by atoms with Gasteiger partial charge in [-0.15, -0.1) is 0 Å². The van der Waals surface area contributed by atoms with Crippen LogP contribution in [0.1, 0.15) is 10.4 Å². The van der Waals surface area contributed by atoms with E-state index in [1.54, 1.807) is 72.8 Å². The van der Waals surface area contributed by atoms with Gasteiger partial charge in [-0.25, -0.2) is 4.79 Å². The highest BCUT2D eigenvalue weighted by molar-refractivity contribution is 6.31. The Morgan fingerprint density at radius 2 is 1.41 bits per heavy atom. The van der Waals surface area contributed by atoms with Crippen molar-refractivity contribution in [3.8, 4) is 0 Å². The molecule has 0 fully saturated rings. The summed E-state index contributed by atoms with van der Waals surface area (Å²) in [6.45, 7) is 0. The fraction of sp³-hybridized carbons (Fsp3) is 0. The summed E-state index contributed by atoms with van der Waals surface area (Å²) in [5.74, 6) is -0.351. The number of nitrogens with one attached hydrogen (secondary N) is 3. The molecule has 136 valence electrons. The number of anilines is 3. The van der Waals surface area contributed by atoms with E-state index in [9.17, 15) is 9.59 Å². The maximum atomic E-state index is 12.6. The first kappa shape index (κ1) is 18.8. The van der Waals surface area contributed by atoms with E-state index in [1.165, 1.54) is 0 Å². The lowest BCUT2D eigenvalue weighted by Crippen LogP contribution is -2.22. The van der Waals surface area contributed by atoms with E-state index in [1.807, 2.05) is 0 Å². The van der Waals surface area contributed by atoms with Crippen molar-refractivity contribution in [2.45, 2.75) is 0 Å². The average molecular weight is 400 g/mol. The Morgan fingerprint density at radius 1 is 0.667 bits per heavy atom. The van der Waals surface area contributed by atoms with Crippen molar-refractivity contribution in [3.05, 3.63) is 88.4 Å². The Kier molecular flexibility index (Phi) is 5.96. The minimum absolute atomic E-state index is 0.327. The van der Waals surface area contributed by atoms with Gasteiger partial charge in [0.2, 0.25) is 0 Å². The zero-order valence-electron chi connectivity index (χ0n) is 14.0. The van der Waals surface area contributed by atoms with Crippen molar-refractivity contribution in [2.24, 2.45) is 0 Å². The molecule has 3 aromatic rings. The van der Waals surface area contributed by atoms with Gasteiger partial charge in [0.15, 0.2) is 0 Å². The Balaban J connectivity index is 1.72. The van der Waals surface area contributed by atoms with Gasteiger partial charge >= 0.3 is 6.03 Å². The van der Waals surface area contributed by atoms with Crippen LogP contribution in [-0.2, 0) is 0 Å². The van der Waals surface area contributed by atoms with Crippen molar-refractivity contribution >= 4 is 52.2 Å². The lowest BCUT2D eigenvalue weighted by Gasteiger charge is -2.12. The van der Waals surface area contributed by atoms with Gasteiger partial charge in [-0.3, -0.25) is 4.79 Å². The van der Waals surface area contributed by atoms with Crippen molar-refractivity contribution in [1.29, 1.82) is 0 Å². The molecule has 3 N–H and O–H groups in total. The molecule has 0 radical (unpaired) electrons. The van der Waals surface area contributed by atoms with E-state index >= 15 is 0 Å². The summed E-state index contributed by atoms with van der Waals surface area (Å²) in [6, 6.07) is 19.8. The van der Waals surface area contributed by atoms with Crippen molar-refractivity contribution in [2.75, 3.05) is 16.0 Å². The molecule has 0 saturated carbocycles. The van der Waals surface area contributed by atoms with Gasteiger partial charge in [-0.1, -0.05) is 41.4 Å². The molecule has 3 amide bonds. The largest absolute Gasteiger partial charge is 0.323 e. The van der Waals surface area contributed by atoms with Crippen LogP contribution in [0.25, 0.3) is 0 Å². The van der Waals surface area contributed by atoms with E-state index in [4.69, 9.17) is 23.2 Å². The van der Waals surface area contributed by atoms with Crippen LogP contribution in [0, 0.1) is 0 Å². The molecule has 0 aromatic heterocycles. The second-order valence-electron chi connectivity index (χ2n) is 5.60. The molecule has 0 bridgehead atoms. The number of carbonyl (C=O) groups is 2. The van der Waals surface area contributed by atoms with E-state index in [0.717, 1.165) is 0 Å². The smallest absolute Gasteiger partial charge is 0.322 e. The fourth-order valence-electron chi connectivity index (χ4n) is 2.37. The summed E-state index contributed by atoms with van der Waals surface area (Å²) in [6.07, 6.45) is 0. The molecule has 0 aliphatic heterocycles. The van der Waals surface area contributed by atoms with Gasteiger partial charge in [-0.2, -0.15) is 0 Å². The first-order valence-corrected chi connectivity index (χ1v) is 8.76. The van der Waals surface area contributed by atoms with Crippen LogP contribution in [0.3, 0.4) is 0 Å². The minimum Gasteiger partial charge on any atom is -0.322 e. The number of urea groups is 1. The molecule has 5 nitrogen and oxygen atoms in total. The number of halogens is 2. The summed E-state index contributed by atoms with van der Waals surface area (Å²) in [4.78, 5) is 24.8. The van der Waals surface area contributed by atoms with Crippen LogP contribution in [-0.4, -0.2) is 11.9 Å². The van der Waals surface area contributed by atoms with Crippen molar-refractivity contribution < 1.29 is 9.59 Å². The third kappa shape index (κ3) is 5.23. The molecule has 0 saturated heterocycles. The van der Waals surface area contributed by atoms with Crippen molar-refractivity contribution in [1.82, 2.24) is 0 Å². The molecule has 7 heteroatoms. The molecule has 3 aromatic carbocycles. The zero-order valence-corrected chi connectivity index (χ0v) is 15.5. The highest BCUT2D eigenvalue weighted by Crippen LogP contribution is 2.20. The molecule has 0 atom stereocenters. The molecule has 27 heavy (non-hydrogen) atoms. The summed E-state index contributed by atoms with van der Waals surface area (Å²) < 4.78 is 0. The van der Waals surface area contributed by atoms with Gasteiger partial charge < -0.3 is 16.0 Å². The Bertz CT molecular complexity index is 975. The lowest BCUT2D eigenvalue weighted by atomic mass is 10.1. The number of rotatable bonds is 4. The number of para-hydroxylation sites is 1. The van der Waals surface area contributed by atoms with Crippen LogP contribution in [0.4, 0.5) is 21.9 Å². The number of benzene rings is 3. The number of amides is 3. The topological polar surface area (TPSA) is 70.2 Å². The molecule has 0 spiro atoms. The van der Waals surface area contributed by atoms with Gasteiger partial charge in [0.05, 0.1) is 11.3 Å². The van der Waals surface area contributed by atoms with Gasteiger partial charge in [0.25, 0.3) is 5.91 Å². The summed E-state index contributed by atoms with van der Waals surface area (Å²) in [7, 11) is 0. The summed E-state index contributed by atoms with van der Waals surface area (Å²) in [5, 5.41) is 9.21.